The van der Waals surface area contributed by atoms with Crippen molar-refractivity contribution in [3.8, 4) is 5.75 Å². The van der Waals surface area contributed by atoms with E-state index in [9.17, 15) is 9.90 Å². The van der Waals surface area contributed by atoms with Gasteiger partial charge in [-0.1, -0.05) is 18.5 Å². The Morgan fingerprint density at radius 1 is 1.56 bits per heavy atom. The molecule has 0 heterocycles. The van der Waals surface area contributed by atoms with Crippen molar-refractivity contribution in [2.24, 2.45) is 4.99 Å². The molecule has 1 N–H and O–H groups in total. The number of hydrogen-bond donors (Lipinski definition) is 1. The van der Waals surface area contributed by atoms with Gasteiger partial charge in [0.2, 0.25) is 6.08 Å². The Balaban J connectivity index is 2.55. The fourth-order valence-electron chi connectivity index (χ4n) is 1.86. The lowest BCUT2D eigenvalue weighted by Crippen LogP contribution is -2.04. The standard InChI is InChI=1S/C12H12ClNO2/c1-2-8-5-9(11(16)10(13)6-8)12(3-4-12)14-7-15/h5-6,16H,2-4H2,1H3. The molecule has 0 aliphatic heterocycles. The molecule has 0 radical (unpaired) electrons. The normalized spacial score (nSPS) is 16.6. The quantitative estimate of drug-likeness (QED) is 0.649. The molecular formula is C12H12ClNO2. The van der Waals surface area contributed by atoms with E-state index in [1.807, 2.05) is 13.0 Å². The molecule has 2 rings (SSSR count). The second-order valence-electron chi connectivity index (χ2n) is 4.06. The van der Waals surface area contributed by atoms with Crippen molar-refractivity contribution in [1.82, 2.24) is 0 Å². The van der Waals surface area contributed by atoms with Crippen molar-refractivity contribution in [1.29, 1.82) is 0 Å². The predicted molar refractivity (Wildman–Crippen MR) is 61.5 cm³/mol. The van der Waals surface area contributed by atoms with Gasteiger partial charge in [0.15, 0.2) is 0 Å². The first kappa shape index (κ1) is 11.2. The lowest BCUT2D eigenvalue weighted by atomic mass is 10.00. The SMILES string of the molecule is CCc1cc(Cl)c(O)c(C2(N=C=O)CC2)c1. The molecule has 0 bridgehead atoms. The topological polar surface area (TPSA) is 49.7 Å². The summed E-state index contributed by atoms with van der Waals surface area (Å²) in [4.78, 5) is 14.2. The smallest absolute Gasteiger partial charge is 0.235 e. The molecule has 1 aromatic rings. The first-order valence-electron chi connectivity index (χ1n) is 5.24. The van der Waals surface area contributed by atoms with Crippen LogP contribution in [0.5, 0.6) is 5.75 Å². The van der Waals surface area contributed by atoms with Gasteiger partial charge in [-0.3, -0.25) is 0 Å². The Morgan fingerprint density at radius 2 is 2.25 bits per heavy atom. The van der Waals surface area contributed by atoms with Crippen LogP contribution in [-0.2, 0) is 16.8 Å². The van der Waals surface area contributed by atoms with Crippen molar-refractivity contribution in [3.63, 3.8) is 0 Å². The Kier molecular flexibility index (Phi) is 2.75. The number of phenolic OH excluding ortho intramolecular Hbond substituents is 1. The molecule has 1 fully saturated rings. The number of aryl methyl sites for hydroxylation is 1. The molecular weight excluding hydrogens is 226 g/mol. The summed E-state index contributed by atoms with van der Waals surface area (Å²) >= 11 is 5.94. The van der Waals surface area contributed by atoms with Crippen LogP contribution in [0.25, 0.3) is 0 Å². The van der Waals surface area contributed by atoms with Crippen molar-refractivity contribution in [2.75, 3.05) is 0 Å². The number of hydrogen-bond acceptors (Lipinski definition) is 3. The Morgan fingerprint density at radius 3 is 2.75 bits per heavy atom. The van der Waals surface area contributed by atoms with E-state index >= 15 is 0 Å². The fourth-order valence-corrected chi connectivity index (χ4v) is 2.10. The van der Waals surface area contributed by atoms with E-state index in [4.69, 9.17) is 11.6 Å². The number of rotatable bonds is 3. The molecule has 1 aromatic carbocycles. The zero-order valence-electron chi connectivity index (χ0n) is 8.96. The van der Waals surface area contributed by atoms with E-state index in [2.05, 4.69) is 4.99 Å². The Bertz CT molecular complexity index is 474. The maximum atomic E-state index is 10.4. The van der Waals surface area contributed by atoms with E-state index in [-0.39, 0.29) is 5.75 Å². The number of isocyanates is 1. The lowest BCUT2D eigenvalue weighted by Gasteiger charge is -2.13. The molecule has 0 spiro atoms. The van der Waals surface area contributed by atoms with Crippen molar-refractivity contribution in [3.05, 3.63) is 28.3 Å². The molecule has 1 aliphatic rings. The van der Waals surface area contributed by atoms with Crippen LogP contribution in [0.1, 0.15) is 30.9 Å². The highest BCUT2D eigenvalue weighted by atomic mass is 35.5. The first-order chi connectivity index (χ1) is 7.63. The number of aromatic hydroxyl groups is 1. The molecule has 0 saturated heterocycles. The second kappa shape index (κ2) is 3.93. The van der Waals surface area contributed by atoms with Crippen LogP contribution in [0.15, 0.2) is 17.1 Å². The zero-order chi connectivity index (χ0) is 11.8. The van der Waals surface area contributed by atoms with Crippen LogP contribution in [0.3, 0.4) is 0 Å². The average Bonchev–Trinajstić information content (AvgIpc) is 3.03. The number of benzene rings is 1. The third-order valence-corrected chi connectivity index (χ3v) is 3.30. The summed E-state index contributed by atoms with van der Waals surface area (Å²) in [6.07, 6.45) is 3.93. The van der Waals surface area contributed by atoms with Gasteiger partial charge in [0.25, 0.3) is 0 Å². The van der Waals surface area contributed by atoms with E-state index in [1.54, 1.807) is 12.1 Å². The molecule has 4 heteroatoms. The summed E-state index contributed by atoms with van der Waals surface area (Å²) in [6.45, 7) is 2.01. The number of aliphatic imine (C=N–C) groups is 1. The number of phenols is 1. The zero-order valence-corrected chi connectivity index (χ0v) is 9.71. The molecule has 1 aliphatic carbocycles. The molecule has 0 aromatic heterocycles. The summed E-state index contributed by atoms with van der Waals surface area (Å²) in [5.74, 6) is 0.0374. The van der Waals surface area contributed by atoms with Crippen LogP contribution in [-0.4, -0.2) is 11.2 Å². The van der Waals surface area contributed by atoms with Gasteiger partial charge in [0.1, 0.15) is 11.3 Å². The number of halogens is 1. The van der Waals surface area contributed by atoms with E-state index in [1.165, 1.54) is 0 Å². The van der Waals surface area contributed by atoms with Gasteiger partial charge in [-0.15, -0.1) is 0 Å². The predicted octanol–water partition coefficient (Wildman–Crippen LogP) is 2.93. The Labute approximate surface area is 98.8 Å². The first-order valence-corrected chi connectivity index (χ1v) is 5.61. The van der Waals surface area contributed by atoms with E-state index < -0.39 is 5.54 Å². The van der Waals surface area contributed by atoms with E-state index in [0.717, 1.165) is 24.8 Å². The molecule has 16 heavy (non-hydrogen) atoms. The lowest BCUT2D eigenvalue weighted by molar-refractivity contribution is 0.459. The monoisotopic (exact) mass is 237 g/mol. The second-order valence-corrected chi connectivity index (χ2v) is 4.47. The molecule has 0 atom stereocenters. The number of nitrogens with zero attached hydrogens (tertiary/aromatic N) is 1. The molecule has 84 valence electrons. The summed E-state index contributed by atoms with van der Waals surface area (Å²) in [7, 11) is 0. The highest BCUT2D eigenvalue weighted by molar-refractivity contribution is 6.32. The van der Waals surface area contributed by atoms with Crippen LogP contribution in [0, 0.1) is 0 Å². The van der Waals surface area contributed by atoms with Crippen LogP contribution in [0.4, 0.5) is 0 Å². The van der Waals surface area contributed by atoms with Crippen molar-refractivity contribution < 1.29 is 9.90 Å². The summed E-state index contributed by atoms with van der Waals surface area (Å²) < 4.78 is 0. The van der Waals surface area contributed by atoms with Crippen LogP contribution in [0.2, 0.25) is 5.02 Å². The molecule has 1 saturated carbocycles. The molecule has 0 amide bonds. The summed E-state index contributed by atoms with van der Waals surface area (Å²) in [5.41, 5.74) is 1.12. The van der Waals surface area contributed by atoms with Gasteiger partial charge in [-0.2, -0.15) is 4.99 Å². The third-order valence-electron chi connectivity index (χ3n) is 3.02. The van der Waals surface area contributed by atoms with Gasteiger partial charge >= 0.3 is 0 Å². The minimum atomic E-state index is -0.569. The maximum Gasteiger partial charge on any atom is 0.235 e. The van der Waals surface area contributed by atoms with Gasteiger partial charge in [0.05, 0.1) is 5.02 Å². The van der Waals surface area contributed by atoms with Gasteiger partial charge < -0.3 is 5.11 Å². The maximum absolute atomic E-state index is 10.4. The van der Waals surface area contributed by atoms with Gasteiger partial charge in [0, 0.05) is 5.56 Å². The minimum Gasteiger partial charge on any atom is -0.506 e. The number of carbonyl (C=O) groups excluding carboxylic acids is 1. The van der Waals surface area contributed by atoms with Crippen molar-refractivity contribution >= 4 is 17.7 Å². The largest absolute Gasteiger partial charge is 0.506 e. The van der Waals surface area contributed by atoms with Crippen LogP contribution < -0.4 is 0 Å². The molecule has 0 unspecified atom stereocenters. The third kappa shape index (κ3) is 1.73. The average molecular weight is 238 g/mol. The highest BCUT2D eigenvalue weighted by Gasteiger charge is 2.47. The fraction of sp³-hybridized carbons (Fsp3) is 0.417. The van der Waals surface area contributed by atoms with Crippen LogP contribution >= 0.6 is 11.6 Å². The minimum absolute atomic E-state index is 0.0374. The molecule has 3 nitrogen and oxygen atoms in total. The summed E-state index contributed by atoms with van der Waals surface area (Å²) in [6, 6.07) is 3.61. The van der Waals surface area contributed by atoms with Crippen molar-refractivity contribution in [2.45, 2.75) is 31.7 Å². The van der Waals surface area contributed by atoms with Gasteiger partial charge in [-0.25, -0.2) is 4.79 Å². The Hall–Kier alpha value is -1.31. The van der Waals surface area contributed by atoms with E-state index in [0.29, 0.717) is 10.6 Å². The highest BCUT2D eigenvalue weighted by Crippen LogP contribution is 2.53. The summed E-state index contributed by atoms with van der Waals surface area (Å²) in [5, 5.41) is 10.2. The van der Waals surface area contributed by atoms with Gasteiger partial charge in [-0.05, 0) is 37.0 Å².